The molecule has 2 saturated carbocycles. The van der Waals surface area contributed by atoms with E-state index in [2.05, 4.69) is 24.5 Å². The van der Waals surface area contributed by atoms with Gasteiger partial charge in [0.05, 0.1) is 24.3 Å². The van der Waals surface area contributed by atoms with E-state index in [0.29, 0.717) is 17.8 Å². The summed E-state index contributed by atoms with van der Waals surface area (Å²) in [5.41, 5.74) is 1.67. The molecule has 1 amide bonds. The number of hydrogen-bond donors (Lipinski definition) is 2. The van der Waals surface area contributed by atoms with Crippen LogP contribution < -0.4 is 0 Å². The van der Waals surface area contributed by atoms with Crippen LogP contribution >= 0.6 is 0 Å². The lowest BCUT2D eigenvalue weighted by atomic mass is 9.46. The van der Waals surface area contributed by atoms with Crippen molar-refractivity contribution in [1.82, 2.24) is 9.80 Å². The smallest absolute Gasteiger partial charge is 0.343 e. The lowest BCUT2D eigenvalue weighted by Crippen LogP contribution is -2.57. The Bertz CT molecular complexity index is 1190. The minimum absolute atomic E-state index is 0.0342. The quantitative estimate of drug-likeness (QED) is 0.421. The predicted molar refractivity (Wildman–Crippen MR) is 145 cm³/mol. The minimum Gasteiger partial charge on any atom is -0.423 e. The van der Waals surface area contributed by atoms with E-state index in [1.54, 1.807) is 17.1 Å². The maximum absolute atomic E-state index is 12.8. The van der Waals surface area contributed by atoms with Gasteiger partial charge in [0.25, 0.3) is 0 Å². The van der Waals surface area contributed by atoms with E-state index in [1.165, 1.54) is 0 Å². The van der Waals surface area contributed by atoms with Crippen LogP contribution in [0.1, 0.15) is 52.9 Å². The highest BCUT2D eigenvalue weighted by Crippen LogP contribution is 2.61. The Morgan fingerprint density at radius 1 is 1.26 bits per heavy atom. The number of rotatable bonds is 5. The van der Waals surface area contributed by atoms with Gasteiger partial charge in [0.1, 0.15) is 11.9 Å². The fraction of sp³-hybridized carbons (Fsp3) is 0.548. The van der Waals surface area contributed by atoms with Gasteiger partial charge < -0.3 is 14.9 Å². The zero-order chi connectivity index (χ0) is 27.4. The largest absolute Gasteiger partial charge is 0.423 e. The van der Waals surface area contributed by atoms with Gasteiger partial charge in [-0.25, -0.2) is 4.79 Å². The number of aliphatic hydroxyl groups excluding tert-OH is 2. The summed E-state index contributed by atoms with van der Waals surface area (Å²) in [7, 11) is 1.96. The Hall–Kier alpha value is -2.74. The molecule has 0 aromatic heterocycles. The predicted octanol–water partition coefficient (Wildman–Crippen LogP) is 3.98. The van der Waals surface area contributed by atoms with Crippen molar-refractivity contribution in [2.24, 2.45) is 22.7 Å². The van der Waals surface area contributed by atoms with Crippen molar-refractivity contribution < 1.29 is 24.5 Å². The number of hydrogen-bond acceptors (Lipinski definition) is 6. The van der Waals surface area contributed by atoms with Gasteiger partial charge >= 0.3 is 5.97 Å². The van der Waals surface area contributed by atoms with Crippen molar-refractivity contribution in [2.45, 2.75) is 71.2 Å². The zero-order valence-corrected chi connectivity index (χ0v) is 22.9. The molecule has 0 radical (unpaired) electrons. The maximum Gasteiger partial charge on any atom is 0.343 e. The van der Waals surface area contributed by atoms with Crippen LogP contribution in [0.2, 0.25) is 0 Å². The monoisotopic (exact) mass is 520 g/mol. The van der Waals surface area contributed by atoms with Crippen LogP contribution in [0.3, 0.4) is 0 Å². The molecule has 0 aromatic rings. The summed E-state index contributed by atoms with van der Waals surface area (Å²) in [6.45, 7) is 10.5. The molecule has 204 valence electrons. The van der Waals surface area contributed by atoms with Gasteiger partial charge in [-0.1, -0.05) is 51.2 Å². The molecule has 2 aliphatic carbocycles. The zero-order valence-electron chi connectivity index (χ0n) is 22.9. The Kier molecular flexibility index (Phi) is 6.91. The minimum atomic E-state index is -0.551. The summed E-state index contributed by atoms with van der Waals surface area (Å²) in [6, 6.07) is -0.132. The number of allylic oxidation sites excluding steroid dienone is 6. The van der Waals surface area contributed by atoms with Crippen LogP contribution in [0.5, 0.6) is 0 Å². The Labute approximate surface area is 225 Å². The standard InChI is InChI=1S/C31H40N2O5/c1-6-24-28(36)33-17-20(8-12-27(33)32(24)5)15-22-16-21(29(37)38-22)9-10-23-19(2)7-11-25-30(23,3)14-13-26(35)31(25,4)18-34/h8-10,12,15-17,23-27,34-35H,2,6-7,11,13-14,18H2,1,3-5H3/t23?,24?,25?,26-,27?,30-,31+/m1/s1. The fourth-order valence-electron chi connectivity index (χ4n) is 7.63. The highest BCUT2D eigenvalue weighted by Gasteiger charge is 2.57. The molecule has 38 heavy (non-hydrogen) atoms. The number of cyclic esters (lactones) is 1. The molecule has 3 heterocycles. The molecule has 7 atom stereocenters. The van der Waals surface area contributed by atoms with Crippen LogP contribution in [-0.2, 0) is 14.3 Å². The van der Waals surface area contributed by atoms with Crippen molar-refractivity contribution in [1.29, 1.82) is 0 Å². The van der Waals surface area contributed by atoms with E-state index >= 15 is 0 Å². The number of esters is 1. The summed E-state index contributed by atoms with van der Waals surface area (Å²) in [5.74, 6) is 0.298. The molecule has 1 saturated heterocycles. The van der Waals surface area contributed by atoms with Crippen LogP contribution in [0, 0.1) is 22.7 Å². The van der Waals surface area contributed by atoms with E-state index in [9.17, 15) is 19.8 Å². The van der Waals surface area contributed by atoms with Crippen molar-refractivity contribution in [2.75, 3.05) is 13.7 Å². The molecule has 7 nitrogen and oxygen atoms in total. The van der Waals surface area contributed by atoms with Crippen LogP contribution in [0.4, 0.5) is 0 Å². The van der Waals surface area contributed by atoms with Crippen molar-refractivity contribution >= 4 is 11.9 Å². The van der Waals surface area contributed by atoms with Crippen LogP contribution in [-0.4, -0.2) is 63.9 Å². The third-order valence-electron chi connectivity index (χ3n) is 9.95. The summed E-state index contributed by atoms with van der Waals surface area (Å²) < 4.78 is 5.54. The SMILES string of the molecule is C=C1CCC2[C@](C)(CC[C@@H](O)[C@@]2(C)CO)C1C=CC1=CC(=CC2=CN3C(=O)C(CC)N(C)C3C=C2)OC1=O. The molecular formula is C31H40N2O5. The number of carbonyl (C=O) groups is 2. The summed E-state index contributed by atoms with van der Waals surface area (Å²) in [5, 5.41) is 20.9. The third-order valence-corrected chi connectivity index (χ3v) is 9.95. The van der Waals surface area contributed by atoms with E-state index < -0.39 is 17.5 Å². The summed E-state index contributed by atoms with van der Waals surface area (Å²) in [4.78, 5) is 29.3. The number of carbonyl (C=O) groups excluding carboxylic acids is 2. The highest BCUT2D eigenvalue weighted by atomic mass is 16.5. The van der Waals surface area contributed by atoms with E-state index in [0.717, 1.165) is 36.8 Å². The molecule has 2 N–H and O–H groups in total. The van der Waals surface area contributed by atoms with Crippen molar-refractivity contribution in [3.8, 4) is 0 Å². The average Bonchev–Trinajstić information content (AvgIpc) is 3.35. The van der Waals surface area contributed by atoms with Gasteiger partial charge in [0.2, 0.25) is 5.91 Å². The number of fused-ring (bicyclic) bond motifs is 2. The first-order valence-electron chi connectivity index (χ1n) is 13.8. The Balaban J connectivity index is 1.36. The fourth-order valence-corrected chi connectivity index (χ4v) is 7.63. The first-order chi connectivity index (χ1) is 18.0. The van der Waals surface area contributed by atoms with Gasteiger partial charge in [-0.15, -0.1) is 0 Å². The molecule has 0 aromatic carbocycles. The molecule has 0 spiro atoms. The van der Waals surface area contributed by atoms with Crippen LogP contribution in [0.25, 0.3) is 0 Å². The van der Waals surface area contributed by atoms with Gasteiger partial charge in [-0.05, 0) is 74.3 Å². The molecule has 7 heteroatoms. The topological polar surface area (TPSA) is 90.3 Å². The Morgan fingerprint density at radius 2 is 2.03 bits per heavy atom. The molecule has 5 aliphatic rings. The lowest BCUT2D eigenvalue weighted by Gasteiger charge is -2.59. The van der Waals surface area contributed by atoms with E-state index in [-0.39, 0.29) is 42.0 Å². The van der Waals surface area contributed by atoms with Crippen molar-refractivity contribution in [3.63, 3.8) is 0 Å². The normalized spacial score (nSPS) is 40.5. The number of nitrogens with zero attached hydrogens (tertiary/aromatic N) is 2. The third kappa shape index (κ3) is 4.16. The molecule has 4 unspecified atom stereocenters. The maximum atomic E-state index is 12.8. The van der Waals surface area contributed by atoms with Gasteiger partial charge in [0.15, 0.2) is 0 Å². The lowest BCUT2D eigenvalue weighted by molar-refractivity contribution is -0.145. The number of aliphatic hydroxyl groups is 2. The summed E-state index contributed by atoms with van der Waals surface area (Å²) in [6.07, 6.45) is 16.5. The van der Waals surface area contributed by atoms with Gasteiger partial charge in [-0.3, -0.25) is 14.6 Å². The van der Waals surface area contributed by atoms with Crippen LogP contribution in [0.15, 0.2) is 71.7 Å². The number of amides is 1. The van der Waals surface area contributed by atoms with E-state index in [1.807, 2.05) is 45.3 Å². The highest BCUT2D eigenvalue weighted by molar-refractivity contribution is 5.95. The van der Waals surface area contributed by atoms with Gasteiger partial charge in [-0.2, -0.15) is 0 Å². The van der Waals surface area contributed by atoms with Crippen molar-refractivity contribution in [3.05, 3.63) is 71.7 Å². The molecule has 3 fully saturated rings. The number of likely N-dealkylation sites (N-methyl/N-ethyl adjacent to an activating group) is 1. The molecule has 0 bridgehead atoms. The molecule has 5 rings (SSSR count). The molecule has 3 aliphatic heterocycles. The average molecular weight is 521 g/mol. The second-order valence-corrected chi connectivity index (χ2v) is 12.1. The van der Waals surface area contributed by atoms with Gasteiger partial charge in [0, 0.05) is 17.5 Å². The van der Waals surface area contributed by atoms with E-state index in [4.69, 9.17) is 4.74 Å². The summed E-state index contributed by atoms with van der Waals surface area (Å²) >= 11 is 0. The molecular weight excluding hydrogens is 480 g/mol. The second-order valence-electron chi connectivity index (χ2n) is 12.1. The first-order valence-corrected chi connectivity index (χ1v) is 13.8. The Morgan fingerprint density at radius 3 is 2.74 bits per heavy atom. The second kappa shape index (κ2) is 9.78. The number of ether oxygens (including phenoxy) is 1. The first kappa shape index (κ1) is 26.9.